The molecule has 0 saturated heterocycles. The Kier molecular flexibility index (Phi) is 5.84. The largest absolute Gasteiger partial charge is 0.355 e. The van der Waals surface area contributed by atoms with E-state index in [2.05, 4.69) is 20.5 Å². The number of carbonyl (C=O) groups excluding carboxylic acids is 1. The van der Waals surface area contributed by atoms with Crippen LogP contribution in [-0.4, -0.2) is 32.0 Å². The molecule has 4 rings (SSSR count). The molecule has 0 spiro atoms. The first kappa shape index (κ1) is 19.8. The van der Waals surface area contributed by atoms with E-state index in [0.717, 1.165) is 34.8 Å². The Balaban J connectivity index is 1.42. The van der Waals surface area contributed by atoms with Crippen molar-refractivity contribution in [3.8, 4) is 0 Å². The van der Waals surface area contributed by atoms with Crippen LogP contribution in [0.15, 0.2) is 66.7 Å². The minimum Gasteiger partial charge on any atom is -0.355 e. The molecule has 30 heavy (non-hydrogen) atoms. The van der Waals surface area contributed by atoms with E-state index >= 15 is 0 Å². The molecule has 0 aliphatic rings. The van der Waals surface area contributed by atoms with Gasteiger partial charge in [0.15, 0.2) is 0 Å². The number of rotatable bonds is 7. The van der Waals surface area contributed by atoms with Gasteiger partial charge in [-0.05, 0) is 37.5 Å². The number of fused-ring (bicyclic) bond motifs is 1. The molecular weight excluding hydrogens is 374 g/mol. The molecule has 6 heteroatoms. The number of carbonyl (C=O) groups is 1. The normalized spacial score (nSPS) is 11.2. The van der Waals surface area contributed by atoms with Crippen LogP contribution in [0.1, 0.15) is 40.7 Å². The van der Waals surface area contributed by atoms with Gasteiger partial charge in [-0.3, -0.25) is 9.20 Å². The van der Waals surface area contributed by atoms with Crippen molar-refractivity contribution in [2.24, 2.45) is 0 Å². The zero-order chi connectivity index (χ0) is 20.9. The van der Waals surface area contributed by atoms with Crippen LogP contribution in [-0.2, 0) is 11.2 Å². The van der Waals surface area contributed by atoms with Crippen LogP contribution in [0.5, 0.6) is 0 Å². The van der Waals surface area contributed by atoms with Crippen molar-refractivity contribution in [3.05, 3.63) is 95.1 Å². The summed E-state index contributed by atoms with van der Waals surface area (Å²) in [6.07, 6.45) is 1.49. The number of aryl methyl sites for hydroxylation is 3. The molecule has 0 fully saturated rings. The fourth-order valence-corrected chi connectivity index (χ4v) is 3.81. The highest BCUT2D eigenvalue weighted by Crippen LogP contribution is 2.24. The predicted octanol–water partition coefficient (Wildman–Crippen LogP) is 3.62. The molecule has 2 aromatic heterocycles. The van der Waals surface area contributed by atoms with Gasteiger partial charge in [0.1, 0.15) is 5.82 Å². The maximum atomic E-state index is 13.1. The third-order valence-corrected chi connectivity index (χ3v) is 5.16. The molecule has 1 amide bonds. The van der Waals surface area contributed by atoms with Crippen LogP contribution in [0, 0.1) is 13.8 Å². The molecule has 0 unspecified atom stereocenters. The Morgan fingerprint density at radius 1 is 0.967 bits per heavy atom. The van der Waals surface area contributed by atoms with Crippen molar-refractivity contribution >= 4 is 11.7 Å². The average Bonchev–Trinajstić information content (AvgIpc) is 3.16. The molecule has 0 atom stereocenters. The van der Waals surface area contributed by atoms with Gasteiger partial charge in [-0.2, -0.15) is 0 Å². The fraction of sp³-hybridized carbons (Fsp3) is 0.250. The number of hydrogen-bond acceptors (Lipinski definition) is 4. The van der Waals surface area contributed by atoms with Gasteiger partial charge in [0, 0.05) is 24.4 Å². The van der Waals surface area contributed by atoms with Gasteiger partial charge < -0.3 is 5.32 Å². The highest BCUT2D eigenvalue weighted by molar-refractivity contribution is 5.87. The molecule has 6 nitrogen and oxygen atoms in total. The van der Waals surface area contributed by atoms with E-state index in [1.165, 1.54) is 0 Å². The molecule has 152 valence electrons. The lowest BCUT2D eigenvalue weighted by Gasteiger charge is -2.18. The predicted molar refractivity (Wildman–Crippen MR) is 116 cm³/mol. The number of nitrogens with zero attached hydrogens (tertiary/aromatic N) is 4. The smallest absolute Gasteiger partial charge is 0.255 e. The Bertz CT molecular complexity index is 1100. The topological polar surface area (TPSA) is 72.2 Å². The molecule has 0 aliphatic heterocycles. The first-order chi connectivity index (χ1) is 14.6. The van der Waals surface area contributed by atoms with Crippen LogP contribution >= 0.6 is 0 Å². The molecule has 0 saturated carbocycles. The second kappa shape index (κ2) is 8.86. The number of amides is 1. The molecular formula is C24H25N5O. The van der Waals surface area contributed by atoms with Gasteiger partial charge in [0.25, 0.3) is 5.78 Å². The summed E-state index contributed by atoms with van der Waals surface area (Å²) in [6, 6.07) is 21.8. The molecule has 0 bridgehead atoms. The Labute approximate surface area is 176 Å². The van der Waals surface area contributed by atoms with E-state index in [-0.39, 0.29) is 11.8 Å². The van der Waals surface area contributed by atoms with Gasteiger partial charge in [-0.25, -0.2) is 4.98 Å². The maximum absolute atomic E-state index is 13.1. The molecule has 0 radical (unpaired) electrons. The average molecular weight is 399 g/mol. The summed E-state index contributed by atoms with van der Waals surface area (Å²) in [6.45, 7) is 4.55. The second-order valence-electron chi connectivity index (χ2n) is 7.44. The monoisotopic (exact) mass is 399 g/mol. The van der Waals surface area contributed by atoms with Gasteiger partial charge in [0.2, 0.25) is 5.91 Å². The summed E-state index contributed by atoms with van der Waals surface area (Å²) in [4.78, 5) is 17.5. The Hall–Kier alpha value is -3.54. The minimum atomic E-state index is -0.323. The third kappa shape index (κ3) is 4.22. The zero-order valence-corrected chi connectivity index (χ0v) is 17.2. The van der Waals surface area contributed by atoms with Gasteiger partial charge in [-0.1, -0.05) is 60.7 Å². The van der Waals surface area contributed by atoms with E-state index in [1.807, 2.05) is 85.0 Å². The summed E-state index contributed by atoms with van der Waals surface area (Å²) < 4.78 is 1.98. The SMILES string of the molecule is Cc1cc(C)n2c(CCCNC(=O)C(c3ccccc3)c3ccccc3)nnc2n1. The summed E-state index contributed by atoms with van der Waals surface area (Å²) in [5.41, 5.74) is 3.97. The minimum absolute atomic E-state index is 0.00646. The van der Waals surface area contributed by atoms with Crippen LogP contribution in [0.2, 0.25) is 0 Å². The summed E-state index contributed by atoms with van der Waals surface area (Å²) >= 11 is 0. The van der Waals surface area contributed by atoms with Gasteiger partial charge in [-0.15, -0.1) is 10.2 Å². The van der Waals surface area contributed by atoms with E-state index < -0.39 is 0 Å². The van der Waals surface area contributed by atoms with Crippen LogP contribution in [0.4, 0.5) is 0 Å². The summed E-state index contributed by atoms with van der Waals surface area (Å²) in [5, 5.41) is 11.6. The highest BCUT2D eigenvalue weighted by Gasteiger charge is 2.22. The molecule has 4 aromatic rings. The molecule has 0 aliphatic carbocycles. The van der Waals surface area contributed by atoms with E-state index in [4.69, 9.17) is 0 Å². The van der Waals surface area contributed by atoms with Crippen molar-refractivity contribution in [2.45, 2.75) is 32.6 Å². The Morgan fingerprint density at radius 2 is 1.60 bits per heavy atom. The van der Waals surface area contributed by atoms with E-state index in [0.29, 0.717) is 18.7 Å². The third-order valence-electron chi connectivity index (χ3n) is 5.16. The van der Waals surface area contributed by atoms with Gasteiger partial charge in [0.05, 0.1) is 5.92 Å². The van der Waals surface area contributed by atoms with Crippen molar-refractivity contribution in [3.63, 3.8) is 0 Å². The Morgan fingerprint density at radius 3 is 2.23 bits per heavy atom. The van der Waals surface area contributed by atoms with E-state index in [1.54, 1.807) is 0 Å². The van der Waals surface area contributed by atoms with Crippen molar-refractivity contribution in [1.29, 1.82) is 0 Å². The first-order valence-electron chi connectivity index (χ1n) is 10.2. The second-order valence-corrected chi connectivity index (χ2v) is 7.44. The lowest BCUT2D eigenvalue weighted by molar-refractivity contribution is -0.121. The van der Waals surface area contributed by atoms with Crippen molar-refractivity contribution in [1.82, 2.24) is 24.9 Å². The standard InChI is InChI=1S/C24H25N5O/c1-17-16-18(2)29-21(27-28-24(29)26-17)14-9-15-25-23(30)22(19-10-5-3-6-11-19)20-12-7-4-8-13-20/h3-8,10-13,16,22H,9,14-15H2,1-2H3,(H,25,30). The zero-order valence-electron chi connectivity index (χ0n) is 17.2. The molecule has 2 aromatic carbocycles. The molecule has 2 heterocycles. The quantitative estimate of drug-likeness (QED) is 0.482. The van der Waals surface area contributed by atoms with Crippen LogP contribution in [0.3, 0.4) is 0 Å². The van der Waals surface area contributed by atoms with Gasteiger partial charge >= 0.3 is 0 Å². The van der Waals surface area contributed by atoms with Crippen molar-refractivity contribution < 1.29 is 4.79 Å². The first-order valence-corrected chi connectivity index (χ1v) is 10.2. The summed E-state index contributed by atoms with van der Waals surface area (Å²) in [7, 11) is 0. The van der Waals surface area contributed by atoms with Crippen LogP contribution < -0.4 is 5.32 Å². The fourth-order valence-electron chi connectivity index (χ4n) is 3.81. The molecule has 1 N–H and O–H groups in total. The lowest BCUT2D eigenvalue weighted by Crippen LogP contribution is -2.31. The number of benzene rings is 2. The number of hydrogen-bond donors (Lipinski definition) is 1. The maximum Gasteiger partial charge on any atom is 0.255 e. The number of aromatic nitrogens is 4. The summed E-state index contributed by atoms with van der Waals surface area (Å²) in [5.74, 6) is 1.18. The van der Waals surface area contributed by atoms with Crippen molar-refractivity contribution in [2.75, 3.05) is 6.54 Å². The van der Waals surface area contributed by atoms with E-state index in [9.17, 15) is 4.79 Å². The lowest BCUT2D eigenvalue weighted by atomic mass is 9.90. The number of nitrogens with one attached hydrogen (secondary N) is 1. The van der Waals surface area contributed by atoms with Crippen LogP contribution in [0.25, 0.3) is 5.78 Å². The highest BCUT2D eigenvalue weighted by atomic mass is 16.1.